The number of carbonyl (C=O) groups is 3. The van der Waals surface area contributed by atoms with Gasteiger partial charge in [0.15, 0.2) is 11.5 Å². The third kappa shape index (κ3) is 4.23. The van der Waals surface area contributed by atoms with Crippen LogP contribution < -0.4 is 14.8 Å². The Labute approximate surface area is 126 Å². The van der Waals surface area contributed by atoms with Gasteiger partial charge in [0.1, 0.15) is 0 Å². The molecule has 8 heteroatoms. The van der Waals surface area contributed by atoms with Crippen molar-refractivity contribution in [1.82, 2.24) is 0 Å². The zero-order chi connectivity index (χ0) is 16.7. The Morgan fingerprint density at radius 1 is 1.05 bits per heavy atom. The van der Waals surface area contributed by atoms with Gasteiger partial charge in [0.25, 0.3) is 0 Å². The largest absolute Gasteiger partial charge is 0.493 e. The zero-order valence-corrected chi connectivity index (χ0v) is 12.2. The number of ether oxygens (including phenoxy) is 3. The van der Waals surface area contributed by atoms with Crippen LogP contribution in [0.25, 0.3) is 0 Å². The summed E-state index contributed by atoms with van der Waals surface area (Å²) in [6.07, 6.45) is 1.49. The van der Waals surface area contributed by atoms with E-state index in [4.69, 9.17) is 14.6 Å². The van der Waals surface area contributed by atoms with E-state index in [1.807, 2.05) is 0 Å². The van der Waals surface area contributed by atoms with Crippen molar-refractivity contribution in [2.24, 2.45) is 0 Å². The first-order valence-corrected chi connectivity index (χ1v) is 5.99. The van der Waals surface area contributed by atoms with Crippen LogP contribution in [0, 0.1) is 0 Å². The Hall–Kier alpha value is -3.03. The number of amides is 1. The average Bonchev–Trinajstić information content (AvgIpc) is 2.51. The van der Waals surface area contributed by atoms with Gasteiger partial charge >= 0.3 is 11.9 Å². The molecule has 0 bridgehead atoms. The van der Waals surface area contributed by atoms with Gasteiger partial charge in [0, 0.05) is 24.3 Å². The van der Waals surface area contributed by atoms with Crippen LogP contribution >= 0.6 is 0 Å². The van der Waals surface area contributed by atoms with Gasteiger partial charge in [-0.15, -0.1) is 0 Å². The van der Waals surface area contributed by atoms with Crippen LogP contribution in [-0.2, 0) is 14.3 Å². The van der Waals surface area contributed by atoms with E-state index in [0.29, 0.717) is 6.08 Å². The number of methoxy groups -OCH3 is 3. The number of carbonyl (C=O) groups excluding carboxylic acids is 2. The lowest BCUT2D eigenvalue weighted by molar-refractivity contribution is -0.131. The second-order valence-corrected chi connectivity index (χ2v) is 3.91. The van der Waals surface area contributed by atoms with Crippen LogP contribution in [0.4, 0.5) is 5.69 Å². The lowest BCUT2D eigenvalue weighted by atomic mass is 10.1. The fraction of sp³-hybridized carbons (Fsp3) is 0.214. The molecule has 1 aromatic carbocycles. The molecule has 1 amide bonds. The van der Waals surface area contributed by atoms with Gasteiger partial charge in [-0.05, 0) is 0 Å². The minimum absolute atomic E-state index is 0.0391. The Morgan fingerprint density at radius 2 is 1.64 bits per heavy atom. The molecular formula is C14H15NO7. The summed E-state index contributed by atoms with van der Waals surface area (Å²) in [5.74, 6) is -2.12. The molecule has 0 unspecified atom stereocenters. The van der Waals surface area contributed by atoms with E-state index in [9.17, 15) is 14.4 Å². The summed E-state index contributed by atoms with van der Waals surface area (Å²) in [5, 5.41) is 10.9. The highest BCUT2D eigenvalue weighted by atomic mass is 16.5. The Balaban J connectivity index is 3.22. The molecular weight excluding hydrogens is 294 g/mol. The Bertz CT molecular complexity index is 622. The van der Waals surface area contributed by atoms with E-state index in [0.717, 1.165) is 6.08 Å². The van der Waals surface area contributed by atoms with Crippen molar-refractivity contribution in [3.63, 3.8) is 0 Å². The normalized spacial score (nSPS) is 10.1. The van der Waals surface area contributed by atoms with Crippen molar-refractivity contribution < 1.29 is 33.7 Å². The molecule has 0 atom stereocenters. The molecule has 1 rings (SSSR count). The highest BCUT2D eigenvalue weighted by molar-refractivity contribution is 6.07. The predicted molar refractivity (Wildman–Crippen MR) is 76.3 cm³/mol. The van der Waals surface area contributed by atoms with Gasteiger partial charge in [-0.2, -0.15) is 0 Å². The number of carboxylic acids is 1. The van der Waals surface area contributed by atoms with Gasteiger partial charge in [-0.1, -0.05) is 0 Å². The van der Waals surface area contributed by atoms with E-state index in [1.54, 1.807) is 0 Å². The zero-order valence-electron chi connectivity index (χ0n) is 12.2. The SMILES string of the molecule is COC(=O)c1cc(OC)c(OC)cc1NC(=O)C=CC(=O)O. The van der Waals surface area contributed by atoms with Crippen LogP contribution in [0.1, 0.15) is 10.4 Å². The number of benzene rings is 1. The van der Waals surface area contributed by atoms with Gasteiger partial charge in [-0.25, -0.2) is 9.59 Å². The third-order valence-electron chi connectivity index (χ3n) is 2.56. The lowest BCUT2D eigenvalue weighted by Gasteiger charge is -2.13. The molecule has 8 nitrogen and oxygen atoms in total. The first kappa shape index (κ1) is 17.0. The van der Waals surface area contributed by atoms with E-state index < -0.39 is 17.8 Å². The first-order chi connectivity index (χ1) is 10.4. The van der Waals surface area contributed by atoms with Gasteiger partial charge in [-0.3, -0.25) is 4.79 Å². The van der Waals surface area contributed by atoms with E-state index in [2.05, 4.69) is 10.1 Å². The van der Waals surface area contributed by atoms with E-state index >= 15 is 0 Å². The quantitative estimate of drug-likeness (QED) is 0.597. The number of nitrogens with one attached hydrogen (secondary N) is 1. The van der Waals surface area contributed by atoms with E-state index in [-0.39, 0.29) is 22.7 Å². The second-order valence-electron chi connectivity index (χ2n) is 3.91. The van der Waals surface area contributed by atoms with E-state index in [1.165, 1.54) is 33.5 Å². The fourth-order valence-corrected chi connectivity index (χ4v) is 1.58. The van der Waals surface area contributed by atoms with Crippen LogP contribution in [-0.4, -0.2) is 44.3 Å². The molecule has 0 radical (unpaired) electrons. The Kier molecular flexibility index (Phi) is 5.94. The molecule has 0 aromatic heterocycles. The first-order valence-electron chi connectivity index (χ1n) is 5.99. The maximum Gasteiger partial charge on any atom is 0.340 e. The van der Waals surface area contributed by atoms with Crippen molar-refractivity contribution in [1.29, 1.82) is 0 Å². The van der Waals surface area contributed by atoms with Crippen molar-refractivity contribution in [2.45, 2.75) is 0 Å². The van der Waals surface area contributed by atoms with Crippen LogP contribution in [0.5, 0.6) is 11.5 Å². The maximum atomic E-state index is 11.8. The summed E-state index contributed by atoms with van der Waals surface area (Å²) < 4.78 is 14.8. The minimum Gasteiger partial charge on any atom is -0.493 e. The van der Waals surface area contributed by atoms with Gasteiger partial charge in [0.05, 0.1) is 32.6 Å². The van der Waals surface area contributed by atoms with Crippen molar-refractivity contribution in [3.8, 4) is 11.5 Å². The summed E-state index contributed by atoms with van der Waals surface area (Å²) in [7, 11) is 3.98. The number of aliphatic carboxylic acids is 1. The molecule has 22 heavy (non-hydrogen) atoms. The number of rotatable bonds is 6. The number of hydrogen-bond donors (Lipinski definition) is 2. The van der Waals surface area contributed by atoms with Crippen molar-refractivity contribution >= 4 is 23.5 Å². The highest BCUT2D eigenvalue weighted by Crippen LogP contribution is 2.33. The summed E-state index contributed by atoms with van der Waals surface area (Å²) >= 11 is 0. The fourth-order valence-electron chi connectivity index (χ4n) is 1.58. The summed E-state index contributed by atoms with van der Waals surface area (Å²) in [4.78, 5) is 33.8. The van der Waals surface area contributed by atoms with Crippen LogP contribution in [0.3, 0.4) is 0 Å². The molecule has 0 saturated carbocycles. The molecule has 0 aliphatic rings. The number of anilines is 1. The summed E-state index contributed by atoms with van der Waals surface area (Å²) in [6.45, 7) is 0. The number of carboxylic acid groups (broad SMARTS) is 1. The van der Waals surface area contributed by atoms with Crippen molar-refractivity contribution in [3.05, 3.63) is 29.8 Å². The number of esters is 1. The topological polar surface area (TPSA) is 111 Å². The minimum atomic E-state index is -1.27. The molecule has 2 N–H and O–H groups in total. The molecule has 118 valence electrons. The van der Waals surface area contributed by atoms with Gasteiger partial charge in [0.2, 0.25) is 5.91 Å². The smallest absolute Gasteiger partial charge is 0.340 e. The molecule has 0 fully saturated rings. The lowest BCUT2D eigenvalue weighted by Crippen LogP contribution is -2.14. The molecule has 0 heterocycles. The second kappa shape index (κ2) is 7.67. The average molecular weight is 309 g/mol. The monoisotopic (exact) mass is 309 g/mol. The molecule has 0 aliphatic heterocycles. The summed E-state index contributed by atoms with van der Waals surface area (Å²) in [5.41, 5.74) is 0.141. The third-order valence-corrected chi connectivity index (χ3v) is 2.56. The standard InChI is InChI=1S/C14H15NO7/c1-20-10-6-8(14(19)22-3)9(7-11(10)21-2)15-12(16)4-5-13(17)18/h4-7H,1-3H3,(H,15,16)(H,17,18). The molecule has 0 aliphatic carbocycles. The van der Waals surface area contributed by atoms with Crippen LogP contribution in [0.2, 0.25) is 0 Å². The van der Waals surface area contributed by atoms with Crippen LogP contribution in [0.15, 0.2) is 24.3 Å². The Morgan fingerprint density at radius 3 is 2.14 bits per heavy atom. The molecule has 0 spiro atoms. The van der Waals surface area contributed by atoms with Gasteiger partial charge < -0.3 is 24.6 Å². The summed E-state index contributed by atoms with van der Waals surface area (Å²) in [6, 6.07) is 2.72. The highest BCUT2D eigenvalue weighted by Gasteiger charge is 2.18. The molecule has 0 saturated heterocycles. The van der Waals surface area contributed by atoms with Crippen molar-refractivity contribution in [2.75, 3.05) is 26.6 Å². The number of hydrogen-bond acceptors (Lipinski definition) is 6. The maximum absolute atomic E-state index is 11.8. The predicted octanol–water partition coefficient (Wildman–Crippen LogP) is 1.07. The molecule has 1 aromatic rings.